The van der Waals surface area contributed by atoms with Crippen LogP contribution in [0.1, 0.15) is 12.8 Å². The fourth-order valence-corrected chi connectivity index (χ4v) is 3.26. The number of primary sulfonamides is 1. The molecule has 0 saturated heterocycles. The zero-order valence-electron chi connectivity index (χ0n) is 11.6. The molecule has 7 nitrogen and oxygen atoms in total. The first kappa shape index (κ1) is 18.6. The lowest BCUT2D eigenvalue weighted by molar-refractivity contribution is -0.122. The SMILES string of the molecule is NS(=O)(=O)c1ccc(NC(=O)C2(F)CC2)c(S(=O)(=O)C(F)(F)F)c1. The van der Waals surface area contributed by atoms with E-state index in [1.54, 1.807) is 5.32 Å². The van der Waals surface area contributed by atoms with Crippen molar-refractivity contribution in [3.63, 3.8) is 0 Å². The lowest BCUT2D eigenvalue weighted by Crippen LogP contribution is -2.29. The van der Waals surface area contributed by atoms with Crippen molar-refractivity contribution >= 4 is 31.5 Å². The van der Waals surface area contributed by atoms with Gasteiger partial charge in [-0.05, 0) is 31.0 Å². The summed E-state index contributed by atoms with van der Waals surface area (Å²) in [5, 5.41) is 6.50. The minimum Gasteiger partial charge on any atom is -0.322 e. The Labute approximate surface area is 133 Å². The van der Waals surface area contributed by atoms with Gasteiger partial charge in [0.05, 0.1) is 10.6 Å². The maximum Gasteiger partial charge on any atom is 0.501 e. The molecule has 134 valence electrons. The van der Waals surface area contributed by atoms with Crippen LogP contribution >= 0.6 is 0 Å². The molecular weight excluding hydrogens is 380 g/mol. The molecule has 0 spiro atoms. The monoisotopic (exact) mass is 390 g/mol. The van der Waals surface area contributed by atoms with Crippen LogP contribution < -0.4 is 10.5 Å². The van der Waals surface area contributed by atoms with Crippen molar-refractivity contribution in [1.29, 1.82) is 0 Å². The van der Waals surface area contributed by atoms with E-state index >= 15 is 0 Å². The lowest BCUT2D eigenvalue weighted by atomic mass is 10.3. The van der Waals surface area contributed by atoms with Crippen molar-refractivity contribution in [2.45, 2.75) is 33.8 Å². The predicted octanol–water partition coefficient (Wildman–Crippen LogP) is 1.07. The Bertz CT molecular complexity index is 905. The molecule has 0 aliphatic heterocycles. The van der Waals surface area contributed by atoms with Gasteiger partial charge < -0.3 is 5.32 Å². The van der Waals surface area contributed by atoms with Crippen LogP contribution in [-0.2, 0) is 24.7 Å². The van der Waals surface area contributed by atoms with Gasteiger partial charge in [0, 0.05) is 0 Å². The molecule has 0 aromatic heterocycles. The smallest absolute Gasteiger partial charge is 0.322 e. The molecule has 0 heterocycles. The fraction of sp³-hybridized carbons (Fsp3) is 0.364. The van der Waals surface area contributed by atoms with E-state index in [2.05, 4.69) is 0 Å². The van der Waals surface area contributed by atoms with E-state index < -0.39 is 52.4 Å². The number of nitrogens with two attached hydrogens (primary N) is 1. The van der Waals surface area contributed by atoms with Crippen LogP contribution in [0, 0.1) is 0 Å². The van der Waals surface area contributed by atoms with Crippen molar-refractivity contribution < 1.29 is 39.2 Å². The number of carbonyl (C=O) groups is 1. The predicted molar refractivity (Wildman–Crippen MR) is 72.8 cm³/mol. The normalized spacial score (nSPS) is 17.4. The molecule has 2 rings (SSSR count). The molecule has 13 heteroatoms. The number of hydrogen-bond donors (Lipinski definition) is 2. The molecule has 1 fully saturated rings. The molecule has 0 radical (unpaired) electrons. The lowest BCUT2D eigenvalue weighted by Gasteiger charge is -2.15. The molecule has 1 saturated carbocycles. The Kier molecular flexibility index (Phi) is 4.18. The van der Waals surface area contributed by atoms with Crippen LogP contribution in [0.3, 0.4) is 0 Å². The number of halogens is 4. The summed E-state index contributed by atoms with van der Waals surface area (Å²) < 4.78 is 97.5. The summed E-state index contributed by atoms with van der Waals surface area (Å²) in [6, 6.07) is 1.45. The first-order valence-electron chi connectivity index (χ1n) is 6.17. The van der Waals surface area contributed by atoms with Crippen molar-refractivity contribution in [1.82, 2.24) is 0 Å². The topological polar surface area (TPSA) is 123 Å². The second-order valence-corrected chi connectivity index (χ2v) is 8.54. The zero-order valence-corrected chi connectivity index (χ0v) is 13.2. The molecule has 0 unspecified atom stereocenters. The standard InChI is InChI=1S/C11H10F4N2O5S2/c12-10(3-4-10)9(18)17-7-2-1-6(24(16,21)22)5-8(7)23(19,20)11(13,14)15/h1-2,5H,3-4H2,(H,17,18)(H2,16,21,22). The third-order valence-electron chi connectivity index (χ3n) is 3.22. The number of anilines is 1. The molecule has 1 aliphatic rings. The Morgan fingerprint density at radius 3 is 2.12 bits per heavy atom. The number of benzene rings is 1. The minimum absolute atomic E-state index is 0.157. The third-order valence-corrected chi connectivity index (χ3v) is 5.66. The quantitative estimate of drug-likeness (QED) is 0.745. The average molecular weight is 390 g/mol. The van der Waals surface area contributed by atoms with E-state index in [-0.39, 0.29) is 18.9 Å². The molecule has 3 N–H and O–H groups in total. The van der Waals surface area contributed by atoms with Crippen molar-refractivity contribution in [3.8, 4) is 0 Å². The van der Waals surface area contributed by atoms with Crippen LogP contribution in [-0.4, -0.2) is 33.9 Å². The summed E-state index contributed by atoms with van der Waals surface area (Å²) >= 11 is 0. The Morgan fingerprint density at radius 2 is 1.71 bits per heavy atom. The number of sulfonamides is 1. The van der Waals surface area contributed by atoms with E-state index in [0.29, 0.717) is 12.1 Å². The van der Waals surface area contributed by atoms with Crippen LogP contribution in [0.25, 0.3) is 0 Å². The third kappa shape index (κ3) is 3.37. The number of alkyl halides is 4. The van der Waals surface area contributed by atoms with Gasteiger partial charge in [0.2, 0.25) is 10.0 Å². The van der Waals surface area contributed by atoms with E-state index in [1.807, 2.05) is 0 Å². The van der Waals surface area contributed by atoms with Crippen LogP contribution in [0.15, 0.2) is 28.0 Å². The maximum absolute atomic E-state index is 13.6. The minimum atomic E-state index is -6.02. The summed E-state index contributed by atoms with van der Waals surface area (Å²) in [5.41, 5.74) is -8.94. The second-order valence-electron chi connectivity index (χ2n) is 5.07. The van der Waals surface area contributed by atoms with Gasteiger partial charge in [0.1, 0.15) is 4.90 Å². The van der Waals surface area contributed by atoms with Crippen LogP contribution in [0.4, 0.5) is 23.2 Å². The van der Waals surface area contributed by atoms with Gasteiger partial charge in [0.15, 0.2) is 5.67 Å². The Hall–Kier alpha value is -1.73. The molecule has 0 atom stereocenters. The Morgan fingerprint density at radius 1 is 1.17 bits per heavy atom. The number of carbonyl (C=O) groups excluding carboxylic acids is 1. The van der Waals surface area contributed by atoms with Gasteiger partial charge in [0.25, 0.3) is 15.7 Å². The van der Waals surface area contributed by atoms with Crippen molar-refractivity contribution in [3.05, 3.63) is 18.2 Å². The number of rotatable bonds is 4. The largest absolute Gasteiger partial charge is 0.501 e. The summed E-state index contributed by atoms with van der Waals surface area (Å²) in [4.78, 5) is 9.15. The van der Waals surface area contributed by atoms with Crippen molar-refractivity contribution in [2.24, 2.45) is 5.14 Å². The second kappa shape index (κ2) is 5.39. The highest BCUT2D eigenvalue weighted by Gasteiger charge is 2.52. The summed E-state index contributed by atoms with van der Waals surface area (Å²) in [7, 11) is -10.5. The van der Waals surface area contributed by atoms with E-state index in [9.17, 15) is 39.2 Å². The fourth-order valence-electron chi connectivity index (χ4n) is 1.70. The highest BCUT2D eigenvalue weighted by atomic mass is 32.2. The van der Waals surface area contributed by atoms with Gasteiger partial charge in [-0.2, -0.15) is 13.2 Å². The summed E-state index contributed by atoms with van der Waals surface area (Å²) in [5.74, 6) is -1.32. The summed E-state index contributed by atoms with van der Waals surface area (Å²) in [6.45, 7) is 0. The van der Waals surface area contributed by atoms with Gasteiger partial charge in [-0.1, -0.05) is 0 Å². The van der Waals surface area contributed by atoms with Gasteiger partial charge in [-0.15, -0.1) is 0 Å². The molecule has 1 aromatic rings. The molecule has 24 heavy (non-hydrogen) atoms. The number of amides is 1. The zero-order chi connectivity index (χ0) is 18.6. The first-order valence-corrected chi connectivity index (χ1v) is 9.20. The Balaban J connectivity index is 2.61. The highest BCUT2D eigenvalue weighted by Crippen LogP contribution is 2.42. The number of nitrogens with one attached hydrogen (secondary N) is 1. The molecule has 1 aliphatic carbocycles. The van der Waals surface area contributed by atoms with Gasteiger partial charge in [-0.25, -0.2) is 26.4 Å². The van der Waals surface area contributed by atoms with Crippen molar-refractivity contribution in [2.75, 3.05) is 5.32 Å². The molecule has 0 bridgehead atoms. The molecular formula is C11H10F4N2O5S2. The number of hydrogen-bond acceptors (Lipinski definition) is 5. The average Bonchev–Trinajstić information content (AvgIpc) is 3.15. The van der Waals surface area contributed by atoms with Gasteiger partial charge >= 0.3 is 5.51 Å². The molecule has 1 aromatic carbocycles. The van der Waals surface area contributed by atoms with Gasteiger partial charge in [-0.3, -0.25) is 4.79 Å². The molecule has 1 amide bonds. The van der Waals surface area contributed by atoms with E-state index in [0.717, 1.165) is 0 Å². The maximum atomic E-state index is 13.6. The first-order chi connectivity index (χ1) is 10.7. The van der Waals surface area contributed by atoms with E-state index in [4.69, 9.17) is 5.14 Å². The van der Waals surface area contributed by atoms with Crippen LogP contribution in [0.5, 0.6) is 0 Å². The van der Waals surface area contributed by atoms with E-state index in [1.165, 1.54) is 0 Å². The number of sulfone groups is 1. The summed E-state index contributed by atoms with van der Waals surface area (Å²) in [6.07, 6.45) is -0.315. The van der Waals surface area contributed by atoms with Crippen LogP contribution in [0.2, 0.25) is 0 Å². The highest BCUT2D eigenvalue weighted by molar-refractivity contribution is 7.92.